The van der Waals surface area contributed by atoms with E-state index in [2.05, 4.69) is 15.9 Å². The number of carboxylic acids is 2. The minimum absolute atomic E-state index is 0.395. The van der Waals surface area contributed by atoms with Crippen LogP contribution >= 0.6 is 0 Å². The van der Waals surface area contributed by atoms with E-state index in [0.29, 0.717) is 5.92 Å². The van der Waals surface area contributed by atoms with Crippen molar-refractivity contribution in [2.75, 3.05) is 0 Å². The molecule has 0 aromatic heterocycles. The zero-order valence-corrected chi connectivity index (χ0v) is 13.2. The molecular weight excluding hydrogens is 306 g/mol. The lowest BCUT2D eigenvalue weighted by Gasteiger charge is -2.21. The van der Waals surface area contributed by atoms with Gasteiger partial charge >= 0.3 is 5.97 Å². The SMILES string of the molecule is CC(O)C(NN=[N+]=[N-])C(=O)[O-].[NH3+]C(CC1CCCCC1)C(=O)O. The lowest BCUT2D eigenvalue weighted by Crippen LogP contribution is -2.65. The number of carbonyl (C=O) groups excluding carboxylic acids is 1. The van der Waals surface area contributed by atoms with Gasteiger partial charge in [0.1, 0.15) is 0 Å². The highest BCUT2D eigenvalue weighted by atomic mass is 16.4. The number of nitrogens with one attached hydrogen (secondary N) is 1. The van der Waals surface area contributed by atoms with Gasteiger partial charge in [0.2, 0.25) is 0 Å². The number of quaternary nitrogens is 1. The average Bonchev–Trinajstić information content (AvgIpc) is 2.48. The predicted octanol–water partition coefficient (Wildman–Crippen LogP) is -1.05. The first-order valence-corrected chi connectivity index (χ1v) is 7.54. The second-order valence-electron chi connectivity index (χ2n) is 5.63. The van der Waals surface area contributed by atoms with Gasteiger partial charge in [0.15, 0.2) is 12.1 Å². The molecule has 3 atom stereocenters. The second-order valence-corrected chi connectivity index (χ2v) is 5.63. The van der Waals surface area contributed by atoms with Crippen molar-refractivity contribution in [2.24, 2.45) is 11.1 Å². The van der Waals surface area contributed by atoms with Gasteiger partial charge in [-0.1, -0.05) is 32.1 Å². The molecule has 0 aliphatic heterocycles. The number of rotatable bonds is 7. The van der Waals surface area contributed by atoms with Crippen molar-refractivity contribution >= 4 is 11.9 Å². The van der Waals surface area contributed by atoms with E-state index in [1.54, 1.807) is 0 Å². The fourth-order valence-corrected chi connectivity index (χ4v) is 2.37. The number of azide groups is 1. The Hall–Kier alpha value is -2.03. The Bertz CT molecular complexity index is 419. The molecule has 3 unspecified atom stereocenters. The number of aliphatic carboxylic acids is 2. The van der Waals surface area contributed by atoms with Crippen molar-refractivity contribution in [1.29, 1.82) is 0 Å². The van der Waals surface area contributed by atoms with Crippen LogP contribution in [0.15, 0.2) is 5.22 Å². The van der Waals surface area contributed by atoms with Gasteiger partial charge in [-0.2, -0.15) is 4.91 Å². The summed E-state index contributed by atoms with van der Waals surface area (Å²) in [5, 5.41) is 30.3. The molecule has 0 radical (unpaired) electrons. The van der Waals surface area contributed by atoms with Crippen LogP contribution in [-0.4, -0.2) is 40.3 Å². The first-order chi connectivity index (χ1) is 10.8. The number of nitrogens with zero attached hydrogens (tertiary/aromatic N) is 3. The van der Waals surface area contributed by atoms with Crippen molar-refractivity contribution in [3.05, 3.63) is 10.4 Å². The third-order valence-corrected chi connectivity index (χ3v) is 3.67. The molecule has 6 N–H and O–H groups in total. The molecule has 1 aliphatic carbocycles. The minimum atomic E-state index is -1.52. The van der Waals surface area contributed by atoms with Crippen LogP contribution in [0.3, 0.4) is 0 Å². The van der Waals surface area contributed by atoms with Gasteiger partial charge in [-0.25, -0.2) is 4.79 Å². The molecule has 0 bridgehead atoms. The monoisotopic (exact) mass is 331 g/mol. The zero-order valence-electron chi connectivity index (χ0n) is 13.2. The number of hydrogen-bond donors (Lipinski definition) is 4. The summed E-state index contributed by atoms with van der Waals surface area (Å²) in [7, 11) is 0. The quantitative estimate of drug-likeness (QED) is 0.199. The molecule has 0 aromatic rings. The highest BCUT2D eigenvalue weighted by Crippen LogP contribution is 2.26. The number of carbonyl (C=O) groups is 2. The molecule has 0 aromatic carbocycles. The van der Waals surface area contributed by atoms with Crippen molar-refractivity contribution in [3.63, 3.8) is 0 Å². The Balaban J connectivity index is 0.000000423. The number of hydrogen-bond acceptors (Lipinski definition) is 5. The van der Waals surface area contributed by atoms with Crippen LogP contribution in [0.25, 0.3) is 10.4 Å². The minimum Gasteiger partial charge on any atom is -0.545 e. The summed E-state index contributed by atoms with van der Waals surface area (Å²) >= 11 is 0. The average molecular weight is 331 g/mol. The van der Waals surface area contributed by atoms with Crippen LogP contribution in [-0.2, 0) is 9.59 Å². The maximum absolute atomic E-state index is 10.5. The Morgan fingerprint density at radius 3 is 2.39 bits per heavy atom. The van der Waals surface area contributed by atoms with Gasteiger partial charge in [0.05, 0.1) is 12.1 Å². The third kappa shape index (κ3) is 9.56. The number of aliphatic hydroxyl groups is 1. The van der Waals surface area contributed by atoms with E-state index in [1.165, 1.54) is 39.0 Å². The molecule has 23 heavy (non-hydrogen) atoms. The Morgan fingerprint density at radius 1 is 1.43 bits per heavy atom. The van der Waals surface area contributed by atoms with Crippen LogP contribution in [0.1, 0.15) is 45.4 Å². The van der Waals surface area contributed by atoms with Crippen molar-refractivity contribution in [3.8, 4) is 0 Å². The summed E-state index contributed by atoms with van der Waals surface area (Å²) in [4.78, 5) is 22.9. The lowest BCUT2D eigenvalue weighted by atomic mass is 9.85. The maximum atomic E-state index is 10.5. The lowest BCUT2D eigenvalue weighted by molar-refractivity contribution is -0.411. The molecule has 1 fully saturated rings. The second kappa shape index (κ2) is 11.5. The Morgan fingerprint density at radius 2 is 2.00 bits per heavy atom. The molecule has 1 aliphatic rings. The van der Waals surface area contributed by atoms with E-state index >= 15 is 0 Å². The molecule has 132 valence electrons. The third-order valence-electron chi connectivity index (χ3n) is 3.67. The van der Waals surface area contributed by atoms with Crippen LogP contribution in [0.2, 0.25) is 0 Å². The molecule has 1 saturated carbocycles. The molecule has 0 amide bonds. The van der Waals surface area contributed by atoms with E-state index in [0.717, 1.165) is 6.42 Å². The number of aliphatic hydroxyl groups excluding tert-OH is 1. The van der Waals surface area contributed by atoms with Crippen molar-refractivity contribution in [2.45, 2.75) is 63.6 Å². The van der Waals surface area contributed by atoms with Gasteiger partial charge in [-0.05, 0) is 18.1 Å². The number of carboxylic acid groups (broad SMARTS) is 2. The summed E-state index contributed by atoms with van der Waals surface area (Å²) in [6.45, 7) is 1.24. The fraction of sp³-hybridized carbons (Fsp3) is 0.846. The molecule has 0 heterocycles. The molecule has 0 saturated heterocycles. The first kappa shape index (κ1) is 21.0. The zero-order chi connectivity index (χ0) is 17.8. The highest BCUT2D eigenvalue weighted by Gasteiger charge is 2.22. The summed E-state index contributed by atoms with van der Waals surface area (Å²) in [5.74, 6) is -1.65. The van der Waals surface area contributed by atoms with Gasteiger partial charge in [-0.3, -0.25) is 5.43 Å². The standard InChI is InChI=1S/C9H17NO2.C4H8N4O3/c10-8(9(11)12)6-7-4-2-1-3-5-7;1-2(9)3(4(10)11)6-8-7-5/h7-8H,1-6,10H2,(H,11,12);2-3,6,9H,1H3,(H,10,11). The largest absolute Gasteiger partial charge is 0.545 e. The first-order valence-electron chi connectivity index (χ1n) is 7.54. The summed E-state index contributed by atoms with van der Waals surface area (Å²) in [5.41, 5.74) is 13.3. The van der Waals surface area contributed by atoms with Crippen molar-refractivity contribution < 1.29 is 30.6 Å². The molecule has 1 rings (SSSR count). The molecule has 0 spiro atoms. The van der Waals surface area contributed by atoms with Crippen LogP contribution < -0.4 is 16.3 Å². The van der Waals surface area contributed by atoms with E-state index in [1.807, 2.05) is 5.43 Å². The van der Waals surface area contributed by atoms with Crippen molar-refractivity contribution in [1.82, 2.24) is 5.43 Å². The van der Waals surface area contributed by atoms with E-state index in [-0.39, 0.29) is 0 Å². The molecular formula is C13H25N5O5. The van der Waals surface area contributed by atoms with Gasteiger partial charge in [-0.15, -0.1) is 5.53 Å². The van der Waals surface area contributed by atoms with E-state index in [4.69, 9.17) is 15.7 Å². The van der Waals surface area contributed by atoms with Gasteiger partial charge in [0.25, 0.3) is 0 Å². The van der Waals surface area contributed by atoms with E-state index in [9.17, 15) is 14.7 Å². The maximum Gasteiger partial charge on any atom is 0.362 e. The van der Waals surface area contributed by atoms with Crippen LogP contribution in [0.4, 0.5) is 0 Å². The topological polar surface area (TPSA) is 186 Å². The van der Waals surface area contributed by atoms with Gasteiger partial charge in [0, 0.05) is 6.42 Å². The Kier molecular flexibility index (Phi) is 10.5. The van der Waals surface area contributed by atoms with E-state index < -0.39 is 30.1 Å². The summed E-state index contributed by atoms with van der Waals surface area (Å²) < 4.78 is 0. The molecule has 10 heteroatoms. The van der Waals surface area contributed by atoms with Crippen LogP contribution in [0.5, 0.6) is 0 Å². The smallest absolute Gasteiger partial charge is 0.362 e. The predicted molar refractivity (Wildman–Crippen MR) is 78.3 cm³/mol. The summed E-state index contributed by atoms with van der Waals surface area (Å²) in [6, 6.07) is -1.76. The van der Waals surface area contributed by atoms with Gasteiger partial charge < -0.3 is 25.8 Å². The molecule has 10 nitrogen and oxygen atoms in total. The Labute approximate surface area is 134 Å². The van der Waals surface area contributed by atoms with Crippen LogP contribution in [0, 0.1) is 5.92 Å². The normalized spacial score (nSPS) is 18.4. The highest BCUT2D eigenvalue weighted by molar-refractivity contribution is 5.72. The fourth-order valence-electron chi connectivity index (χ4n) is 2.37. The summed E-state index contributed by atoms with van der Waals surface area (Å²) in [6.07, 6.45) is 5.89.